The lowest BCUT2D eigenvalue weighted by Gasteiger charge is -1.99. The second-order valence-electron chi connectivity index (χ2n) is 2.48. The third-order valence-electron chi connectivity index (χ3n) is 1.39. The smallest absolute Gasteiger partial charge is 0.161 e. The standard InChI is InChI=1S/C9H14O/c1-5-8(4)6-9(10)7(2)3/h2,4-6H2,1,3H3. The van der Waals surface area contributed by atoms with Crippen LogP contribution < -0.4 is 0 Å². The van der Waals surface area contributed by atoms with Gasteiger partial charge >= 0.3 is 0 Å². The molecule has 0 spiro atoms. The first-order valence-electron chi connectivity index (χ1n) is 3.43. The predicted molar refractivity (Wildman–Crippen MR) is 43.9 cm³/mol. The predicted octanol–water partition coefficient (Wildman–Crippen LogP) is 2.49. The van der Waals surface area contributed by atoms with Crippen molar-refractivity contribution < 1.29 is 4.79 Å². The van der Waals surface area contributed by atoms with Gasteiger partial charge in [-0.05, 0) is 18.9 Å². The fourth-order valence-electron chi connectivity index (χ4n) is 0.503. The molecular formula is C9H14O. The number of hydrogen-bond donors (Lipinski definition) is 0. The summed E-state index contributed by atoms with van der Waals surface area (Å²) in [5.41, 5.74) is 1.60. The van der Waals surface area contributed by atoms with E-state index in [1.807, 2.05) is 6.92 Å². The highest BCUT2D eigenvalue weighted by molar-refractivity contribution is 5.95. The lowest BCUT2D eigenvalue weighted by molar-refractivity contribution is -0.114. The lowest BCUT2D eigenvalue weighted by atomic mass is 10.1. The third-order valence-corrected chi connectivity index (χ3v) is 1.39. The molecule has 0 aromatic rings. The van der Waals surface area contributed by atoms with Crippen molar-refractivity contribution in [1.82, 2.24) is 0 Å². The van der Waals surface area contributed by atoms with Gasteiger partial charge in [0, 0.05) is 6.42 Å². The first-order valence-corrected chi connectivity index (χ1v) is 3.43. The Kier molecular flexibility index (Phi) is 3.70. The van der Waals surface area contributed by atoms with Gasteiger partial charge in [0.2, 0.25) is 0 Å². The quantitative estimate of drug-likeness (QED) is 0.431. The molecule has 0 unspecified atom stereocenters. The van der Waals surface area contributed by atoms with Crippen LogP contribution in [0.1, 0.15) is 26.7 Å². The summed E-state index contributed by atoms with van der Waals surface area (Å²) in [6.07, 6.45) is 1.34. The molecule has 0 aromatic carbocycles. The molecule has 1 nitrogen and oxygen atoms in total. The van der Waals surface area contributed by atoms with Crippen LogP contribution in [0.15, 0.2) is 24.3 Å². The molecule has 1 heteroatoms. The van der Waals surface area contributed by atoms with Crippen molar-refractivity contribution in [2.24, 2.45) is 0 Å². The molecule has 0 atom stereocenters. The zero-order chi connectivity index (χ0) is 8.15. The molecular weight excluding hydrogens is 124 g/mol. The van der Waals surface area contributed by atoms with Gasteiger partial charge in [0.1, 0.15) is 0 Å². The maximum Gasteiger partial charge on any atom is 0.161 e. The Morgan fingerprint density at radius 1 is 1.40 bits per heavy atom. The Balaban J connectivity index is 3.80. The number of Topliss-reactive ketones (excluding diaryl/α,β-unsaturated/α-hetero) is 1. The normalized spacial score (nSPS) is 9.00. The molecule has 0 saturated carbocycles. The Morgan fingerprint density at radius 3 is 2.20 bits per heavy atom. The minimum Gasteiger partial charge on any atom is -0.294 e. The van der Waals surface area contributed by atoms with Crippen molar-refractivity contribution in [2.45, 2.75) is 26.7 Å². The van der Waals surface area contributed by atoms with E-state index in [2.05, 4.69) is 13.2 Å². The summed E-state index contributed by atoms with van der Waals surface area (Å²) >= 11 is 0. The summed E-state index contributed by atoms with van der Waals surface area (Å²) in [7, 11) is 0. The molecule has 0 rings (SSSR count). The molecule has 56 valence electrons. The summed E-state index contributed by atoms with van der Waals surface area (Å²) < 4.78 is 0. The molecule has 0 aliphatic heterocycles. The second-order valence-corrected chi connectivity index (χ2v) is 2.48. The van der Waals surface area contributed by atoms with E-state index in [1.165, 1.54) is 0 Å². The highest BCUT2D eigenvalue weighted by Gasteiger charge is 2.02. The Morgan fingerprint density at radius 2 is 1.90 bits per heavy atom. The number of allylic oxidation sites excluding steroid dienone is 2. The van der Waals surface area contributed by atoms with E-state index >= 15 is 0 Å². The number of ketones is 1. The summed E-state index contributed by atoms with van der Waals surface area (Å²) in [5, 5.41) is 0. The van der Waals surface area contributed by atoms with Gasteiger partial charge < -0.3 is 0 Å². The maximum atomic E-state index is 11.0. The van der Waals surface area contributed by atoms with Crippen molar-refractivity contribution in [1.29, 1.82) is 0 Å². The Labute approximate surface area is 62.4 Å². The highest BCUT2D eigenvalue weighted by Crippen LogP contribution is 2.06. The number of hydrogen-bond acceptors (Lipinski definition) is 1. The average Bonchev–Trinajstić information content (AvgIpc) is 1.87. The third kappa shape index (κ3) is 3.23. The average molecular weight is 138 g/mol. The maximum absolute atomic E-state index is 11.0. The largest absolute Gasteiger partial charge is 0.294 e. The molecule has 0 aliphatic rings. The van der Waals surface area contributed by atoms with Gasteiger partial charge in [-0.2, -0.15) is 0 Å². The molecule has 0 N–H and O–H groups in total. The monoisotopic (exact) mass is 138 g/mol. The number of carbonyl (C=O) groups is 1. The van der Waals surface area contributed by atoms with Crippen LogP contribution in [0.5, 0.6) is 0 Å². The summed E-state index contributed by atoms with van der Waals surface area (Å²) in [5.74, 6) is 0.104. The fourth-order valence-corrected chi connectivity index (χ4v) is 0.503. The minimum absolute atomic E-state index is 0.104. The Hall–Kier alpha value is -0.850. The van der Waals surface area contributed by atoms with E-state index in [9.17, 15) is 4.79 Å². The van der Waals surface area contributed by atoms with Crippen molar-refractivity contribution in [3.8, 4) is 0 Å². The highest BCUT2D eigenvalue weighted by atomic mass is 16.1. The summed E-state index contributed by atoms with van der Waals surface area (Å²) in [4.78, 5) is 11.0. The minimum atomic E-state index is 0.104. The van der Waals surface area contributed by atoms with E-state index in [1.54, 1.807) is 6.92 Å². The van der Waals surface area contributed by atoms with Gasteiger partial charge in [0.05, 0.1) is 0 Å². The molecule has 0 bridgehead atoms. The molecule has 0 fully saturated rings. The molecule has 0 aliphatic carbocycles. The van der Waals surface area contributed by atoms with Crippen LogP contribution in [0.3, 0.4) is 0 Å². The molecule has 0 aromatic heterocycles. The topological polar surface area (TPSA) is 17.1 Å². The molecule has 0 amide bonds. The van der Waals surface area contributed by atoms with Crippen LogP contribution in [-0.2, 0) is 4.79 Å². The van der Waals surface area contributed by atoms with Crippen LogP contribution >= 0.6 is 0 Å². The van der Waals surface area contributed by atoms with E-state index in [-0.39, 0.29) is 5.78 Å². The van der Waals surface area contributed by atoms with Gasteiger partial charge in [-0.3, -0.25) is 4.79 Å². The van der Waals surface area contributed by atoms with Crippen molar-refractivity contribution in [3.63, 3.8) is 0 Å². The first-order chi connectivity index (χ1) is 4.57. The van der Waals surface area contributed by atoms with Crippen LogP contribution in [0.2, 0.25) is 0 Å². The van der Waals surface area contributed by atoms with Crippen LogP contribution in [0.4, 0.5) is 0 Å². The fraction of sp³-hybridized carbons (Fsp3) is 0.444. The van der Waals surface area contributed by atoms with Gasteiger partial charge in [-0.1, -0.05) is 25.7 Å². The van der Waals surface area contributed by atoms with E-state index in [0.717, 1.165) is 12.0 Å². The molecule has 0 saturated heterocycles. The second kappa shape index (κ2) is 4.04. The van der Waals surface area contributed by atoms with Gasteiger partial charge in [0.15, 0.2) is 5.78 Å². The van der Waals surface area contributed by atoms with Crippen LogP contribution in [0.25, 0.3) is 0 Å². The number of carbonyl (C=O) groups excluding carboxylic acids is 1. The lowest BCUT2D eigenvalue weighted by Crippen LogP contribution is -1.98. The van der Waals surface area contributed by atoms with E-state index in [0.29, 0.717) is 12.0 Å². The zero-order valence-corrected chi connectivity index (χ0v) is 6.74. The van der Waals surface area contributed by atoms with Crippen molar-refractivity contribution in [3.05, 3.63) is 24.3 Å². The van der Waals surface area contributed by atoms with Crippen molar-refractivity contribution >= 4 is 5.78 Å². The van der Waals surface area contributed by atoms with E-state index in [4.69, 9.17) is 0 Å². The van der Waals surface area contributed by atoms with Crippen LogP contribution in [-0.4, -0.2) is 5.78 Å². The first kappa shape index (κ1) is 9.15. The van der Waals surface area contributed by atoms with Crippen LogP contribution in [0, 0.1) is 0 Å². The van der Waals surface area contributed by atoms with Gasteiger partial charge in [-0.15, -0.1) is 0 Å². The number of rotatable bonds is 4. The molecule has 10 heavy (non-hydrogen) atoms. The summed E-state index contributed by atoms with van der Waals surface area (Å²) in [6.45, 7) is 11.0. The zero-order valence-electron chi connectivity index (χ0n) is 6.74. The Bertz CT molecular complexity index is 166. The van der Waals surface area contributed by atoms with E-state index < -0.39 is 0 Å². The molecule has 0 radical (unpaired) electrons. The summed E-state index contributed by atoms with van der Waals surface area (Å²) in [6, 6.07) is 0. The SMILES string of the molecule is C=C(CC)CC(=O)C(=C)C. The van der Waals surface area contributed by atoms with Crippen molar-refractivity contribution in [2.75, 3.05) is 0 Å². The van der Waals surface area contributed by atoms with Gasteiger partial charge in [0.25, 0.3) is 0 Å². The molecule has 0 heterocycles. The van der Waals surface area contributed by atoms with Gasteiger partial charge in [-0.25, -0.2) is 0 Å².